The van der Waals surface area contributed by atoms with Gasteiger partial charge in [0.1, 0.15) is 28.7 Å². The minimum absolute atomic E-state index is 0.330. The molecular formula is C20H16F2N4. The van der Waals surface area contributed by atoms with Crippen LogP contribution in [0.3, 0.4) is 0 Å². The summed E-state index contributed by atoms with van der Waals surface area (Å²) in [6.07, 6.45) is 3.38. The van der Waals surface area contributed by atoms with E-state index < -0.39 is 0 Å². The summed E-state index contributed by atoms with van der Waals surface area (Å²) < 4.78 is 29.5. The van der Waals surface area contributed by atoms with Crippen molar-refractivity contribution in [1.82, 2.24) is 14.6 Å². The first-order valence-corrected chi connectivity index (χ1v) is 8.11. The molecule has 4 aromatic rings. The molecule has 3 aromatic heterocycles. The van der Waals surface area contributed by atoms with Gasteiger partial charge in [-0.25, -0.2) is 18.3 Å². The first-order chi connectivity index (χ1) is 12.5. The van der Waals surface area contributed by atoms with Crippen LogP contribution in [0.15, 0.2) is 60.9 Å². The van der Waals surface area contributed by atoms with Crippen LogP contribution in [-0.4, -0.2) is 28.7 Å². The molecule has 4 nitrogen and oxygen atoms in total. The van der Waals surface area contributed by atoms with Crippen molar-refractivity contribution in [3.05, 3.63) is 72.6 Å². The molecule has 130 valence electrons. The fourth-order valence-corrected chi connectivity index (χ4v) is 2.96. The van der Waals surface area contributed by atoms with Crippen molar-refractivity contribution in [3.63, 3.8) is 0 Å². The minimum Gasteiger partial charge on any atom is -0.363 e. The maximum Gasteiger partial charge on any atom is 0.149 e. The third-order valence-electron chi connectivity index (χ3n) is 4.22. The van der Waals surface area contributed by atoms with Gasteiger partial charge in [-0.15, -0.1) is 0 Å². The summed E-state index contributed by atoms with van der Waals surface area (Å²) in [5.41, 5.74) is 3.13. The molecular weight excluding hydrogens is 334 g/mol. The molecule has 0 saturated heterocycles. The highest BCUT2D eigenvalue weighted by Gasteiger charge is 2.20. The van der Waals surface area contributed by atoms with Crippen LogP contribution in [0.5, 0.6) is 0 Å². The number of hydrogen-bond acceptors (Lipinski definition) is 3. The fourth-order valence-electron chi connectivity index (χ4n) is 2.96. The van der Waals surface area contributed by atoms with Gasteiger partial charge in [0.05, 0.1) is 0 Å². The molecule has 0 spiro atoms. The van der Waals surface area contributed by atoms with Gasteiger partial charge in [0.25, 0.3) is 0 Å². The number of aromatic nitrogens is 3. The van der Waals surface area contributed by atoms with E-state index in [1.165, 1.54) is 22.7 Å². The van der Waals surface area contributed by atoms with Gasteiger partial charge in [0, 0.05) is 37.6 Å². The van der Waals surface area contributed by atoms with Crippen molar-refractivity contribution in [1.29, 1.82) is 0 Å². The summed E-state index contributed by atoms with van der Waals surface area (Å²) in [6.45, 7) is 0. The molecule has 0 aliphatic rings. The summed E-state index contributed by atoms with van der Waals surface area (Å²) >= 11 is 0. The van der Waals surface area contributed by atoms with Crippen molar-refractivity contribution in [2.45, 2.75) is 0 Å². The molecule has 1 aromatic carbocycles. The van der Waals surface area contributed by atoms with E-state index in [0.717, 1.165) is 11.4 Å². The van der Waals surface area contributed by atoms with E-state index in [9.17, 15) is 8.78 Å². The molecule has 0 unspecified atom stereocenters. The third kappa shape index (κ3) is 2.69. The topological polar surface area (TPSA) is 33.4 Å². The van der Waals surface area contributed by atoms with Crippen LogP contribution in [0.1, 0.15) is 0 Å². The maximum atomic E-state index is 14.6. The van der Waals surface area contributed by atoms with Crippen molar-refractivity contribution in [3.8, 4) is 22.4 Å². The highest BCUT2D eigenvalue weighted by Crippen LogP contribution is 2.37. The lowest BCUT2D eigenvalue weighted by Crippen LogP contribution is -2.10. The molecule has 3 heterocycles. The number of pyridine rings is 2. The van der Waals surface area contributed by atoms with Crippen molar-refractivity contribution in [2.24, 2.45) is 0 Å². The predicted molar refractivity (Wildman–Crippen MR) is 98.1 cm³/mol. The predicted octanol–water partition coefficient (Wildman–Crippen LogP) is 4.41. The van der Waals surface area contributed by atoms with Gasteiger partial charge in [-0.3, -0.25) is 0 Å². The number of hydrogen-bond donors (Lipinski definition) is 0. The normalized spacial score (nSPS) is 11.1. The number of fused-ring (bicyclic) bond motifs is 1. The quantitative estimate of drug-likeness (QED) is 0.549. The average Bonchev–Trinajstić information content (AvgIpc) is 3.03. The van der Waals surface area contributed by atoms with E-state index in [-0.39, 0.29) is 11.6 Å². The molecule has 0 fully saturated rings. The van der Waals surface area contributed by atoms with Gasteiger partial charge in [-0.05, 0) is 54.1 Å². The summed E-state index contributed by atoms with van der Waals surface area (Å²) in [5.74, 6) is 0.0545. The smallest absolute Gasteiger partial charge is 0.149 e. The van der Waals surface area contributed by atoms with E-state index in [4.69, 9.17) is 0 Å². The number of nitrogens with zero attached hydrogens (tertiary/aromatic N) is 4. The van der Waals surface area contributed by atoms with Gasteiger partial charge >= 0.3 is 0 Å². The molecule has 0 saturated carbocycles. The molecule has 4 rings (SSSR count). The Balaban J connectivity index is 2.04. The second-order valence-electron chi connectivity index (χ2n) is 6.18. The lowest BCUT2D eigenvalue weighted by atomic mass is 10.00. The number of halogens is 2. The first kappa shape index (κ1) is 16.2. The number of benzene rings is 1. The monoisotopic (exact) mass is 350 g/mol. The molecule has 0 aliphatic heterocycles. The lowest BCUT2D eigenvalue weighted by molar-refractivity contribution is 0.628. The highest BCUT2D eigenvalue weighted by atomic mass is 19.1. The highest BCUT2D eigenvalue weighted by molar-refractivity contribution is 5.93. The Morgan fingerprint density at radius 1 is 0.962 bits per heavy atom. The Morgan fingerprint density at radius 2 is 1.73 bits per heavy atom. The van der Waals surface area contributed by atoms with Crippen molar-refractivity contribution >= 4 is 11.3 Å². The second kappa shape index (κ2) is 6.22. The van der Waals surface area contributed by atoms with Gasteiger partial charge in [-0.2, -0.15) is 5.10 Å². The molecule has 26 heavy (non-hydrogen) atoms. The van der Waals surface area contributed by atoms with Gasteiger partial charge in [0.2, 0.25) is 0 Å². The first-order valence-electron chi connectivity index (χ1n) is 8.11. The van der Waals surface area contributed by atoms with Gasteiger partial charge in [0.15, 0.2) is 0 Å². The largest absolute Gasteiger partial charge is 0.363 e. The van der Waals surface area contributed by atoms with Crippen molar-refractivity contribution in [2.75, 3.05) is 19.0 Å². The van der Waals surface area contributed by atoms with E-state index in [2.05, 4.69) is 10.1 Å². The van der Waals surface area contributed by atoms with Crippen LogP contribution in [0.2, 0.25) is 0 Å². The SMILES string of the molecule is CN(C)c1cc(-c2c(-c3ccc(F)cc3)nn3cccc(F)c23)ccn1. The second-order valence-corrected chi connectivity index (χ2v) is 6.18. The zero-order chi connectivity index (χ0) is 18.3. The fraction of sp³-hybridized carbons (Fsp3) is 0.100. The summed E-state index contributed by atoms with van der Waals surface area (Å²) in [5, 5.41) is 4.54. The van der Waals surface area contributed by atoms with E-state index >= 15 is 0 Å². The van der Waals surface area contributed by atoms with Crippen LogP contribution in [-0.2, 0) is 0 Å². The maximum absolute atomic E-state index is 14.6. The zero-order valence-electron chi connectivity index (χ0n) is 14.3. The Morgan fingerprint density at radius 3 is 2.46 bits per heavy atom. The van der Waals surface area contributed by atoms with Gasteiger partial charge in [-0.1, -0.05) is 0 Å². The molecule has 0 aliphatic carbocycles. The van der Waals surface area contributed by atoms with Gasteiger partial charge < -0.3 is 4.90 Å². The summed E-state index contributed by atoms with van der Waals surface area (Å²) in [6, 6.07) is 12.8. The molecule has 0 radical (unpaired) electrons. The van der Waals surface area contributed by atoms with E-state index in [1.807, 2.05) is 31.1 Å². The third-order valence-corrected chi connectivity index (χ3v) is 4.22. The molecule has 0 N–H and O–H groups in total. The molecule has 0 bridgehead atoms. The van der Waals surface area contributed by atoms with Crippen LogP contribution >= 0.6 is 0 Å². The standard InChI is InChI=1S/C20H16F2N4/c1-25(2)17-12-14(9-10-23-17)18-19(13-5-7-15(21)8-6-13)24-26-11-3-4-16(22)20(18)26/h3-12H,1-2H3. The Labute approximate surface area is 149 Å². The van der Waals surface area contributed by atoms with Crippen LogP contribution in [0.25, 0.3) is 27.9 Å². The Hall–Kier alpha value is -3.28. The van der Waals surface area contributed by atoms with Crippen LogP contribution < -0.4 is 4.90 Å². The number of rotatable bonds is 3. The lowest BCUT2D eigenvalue weighted by Gasteiger charge is -2.12. The summed E-state index contributed by atoms with van der Waals surface area (Å²) in [7, 11) is 3.79. The van der Waals surface area contributed by atoms with E-state index in [0.29, 0.717) is 22.3 Å². The molecule has 6 heteroatoms. The number of anilines is 1. The zero-order valence-corrected chi connectivity index (χ0v) is 14.3. The molecule has 0 amide bonds. The summed E-state index contributed by atoms with van der Waals surface area (Å²) in [4.78, 5) is 6.20. The Bertz CT molecular complexity index is 1080. The minimum atomic E-state index is -0.369. The van der Waals surface area contributed by atoms with Crippen molar-refractivity contribution < 1.29 is 8.78 Å². The Kier molecular flexibility index (Phi) is 3.88. The van der Waals surface area contributed by atoms with Crippen LogP contribution in [0, 0.1) is 11.6 Å². The van der Waals surface area contributed by atoms with E-state index in [1.54, 1.807) is 30.6 Å². The van der Waals surface area contributed by atoms with Crippen LogP contribution in [0.4, 0.5) is 14.6 Å². The average molecular weight is 350 g/mol. The molecule has 0 atom stereocenters.